The lowest BCUT2D eigenvalue weighted by atomic mass is 10.3. The zero-order valence-electron chi connectivity index (χ0n) is 12.5. The van der Waals surface area contributed by atoms with Gasteiger partial charge < -0.3 is 4.57 Å². The maximum atomic E-state index is 12.7. The highest BCUT2D eigenvalue weighted by Gasteiger charge is 2.21. The minimum absolute atomic E-state index is 0.217. The Bertz CT molecular complexity index is 951. The molecule has 0 saturated heterocycles. The molecular formula is C16H16ClN3O2S. The van der Waals surface area contributed by atoms with Gasteiger partial charge in [0.05, 0.1) is 5.69 Å². The molecule has 3 rings (SSSR count). The van der Waals surface area contributed by atoms with Crippen LogP contribution >= 0.6 is 11.6 Å². The quantitative estimate of drug-likeness (QED) is 0.759. The van der Waals surface area contributed by atoms with E-state index >= 15 is 0 Å². The zero-order chi connectivity index (χ0) is 16.4. The average molecular weight is 350 g/mol. The first kappa shape index (κ1) is 15.8. The summed E-state index contributed by atoms with van der Waals surface area (Å²) in [5, 5.41) is 1.08. The molecule has 7 heteroatoms. The highest BCUT2D eigenvalue weighted by molar-refractivity contribution is 7.93. The molecule has 1 aromatic carbocycles. The fourth-order valence-electron chi connectivity index (χ4n) is 2.48. The van der Waals surface area contributed by atoms with Crippen LogP contribution in [0.2, 0.25) is 5.02 Å². The number of benzene rings is 1. The van der Waals surface area contributed by atoms with Crippen molar-refractivity contribution < 1.29 is 8.42 Å². The van der Waals surface area contributed by atoms with Crippen LogP contribution in [0.25, 0.3) is 11.0 Å². The number of rotatable bonds is 5. The number of pyridine rings is 1. The molecule has 0 aliphatic rings. The minimum atomic E-state index is -3.72. The standard InChI is InChI=1S/C16H16ClN3O2S/c1-2-9-20-11-15(14-7-4-8-18-16(14)20)23(21,22)19-13-6-3-5-12(17)10-13/h3-8,10-11,19H,2,9H2,1H3. The molecule has 3 aromatic rings. The summed E-state index contributed by atoms with van der Waals surface area (Å²) in [7, 11) is -3.72. The monoisotopic (exact) mass is 349 g/mol. The van der Waals surface area contributed by atoms with Gasteiger partial charge in [-0.25, -0.2) is 13.4 Å². The maximum absolute atomic E-state index is 12.7. The number of sulfonamides is 1. The van der Waals surface area contributed by atoms with Gasteiger partial charge in [-0.3, -0.25) is 4.72 Å². The van der Waals surface area contributed by atoms with E-state index in [1.807, 2.05) is 11.5 Å². The zero-order valence-corrected chi connectivity index (χ0v) is 14.1. The van der Waals surface area contributed by atoms with Crippen LogP contribution in [0.3, 0.4) is 0 Å². The van der Waals surface area contributed by atoms with Gasteiger partial charge in [0.15, 0.2) is 0 Å². The van der Waals surface area contributed by atoms with E-state index in [1.165, 1.54) is 0 Å². The number of nitrogens with zero attached hydrogens (tertiary/aromatic N) is 2. The van der Waals surface area contributed by atoms with Crippen molar-refractivity contribution in [2.24, 2.45) is 0 Å². The molecule has 0 amide bonds. The smallest absolute Gasteiger partial charge is 0.264 e. The van der Waals surface area contributed by atoms with Crippen molar-refractivity contribution >= 4 is 38.3 Å². The summed E-state index contributed by atoms with van der Waals surface area (Å²) in [6, 6.07) is 10.1. The summed E-state index contributed by atoms with van der Waals surface area (Å²) in [6.07, 6.45) is 4.19. The van der Waals surface area contributed by atoms with Crippen LogP contribution in [0.5, 0.6) is 0 Å². The first-order chi connectivity index (χ1) is 11.0. The van der Waals surface area contributed by atoms with E-state index in [1.54, 1.807) is 48.8 Å². The van der Waals surface area contributed by atoms with E-state index in [2.05, 4.69) is 9.71 Å². The second kappa shape index (κ2) is 6.22. The van der Waals surface area contributed by atoms with Crippen molar-refractivity contribution in [3.8, 4) is 0 Å². The molecule has 0 radical (unpaired) electrons. The highest BCUT2D eigenvalue weighted by atomic mass is 35.5. The third kappa shape index (κ3) is 3.18. The molecule has 1 N–H and O–H groups in total. The van der Waals surface area contributed by atoms with Crippen LogP contribution in [0.4, 0.5) is 5.69 Å². The van der Waals surface area contributed by atoms with Crippen molar-refractivity contribution in [3.63, 3.8) is 0 Å². The van der Waals surface area contributed by atoms with E-state index < -0.39 is 10.0 Å². The summed E-state index contributed by atoms with van der Waals surface area (Å²) in [5.41, 5.74) is 1.10. The first-order valence-corrected chi connectivity index (χ1v) is 9.09. The average Bonchev–Trinajstić information content (AvgIpc) is 2.87. The molecule has 0 spiro atoms. The van der Waals surface area contributed by atoms with Crippen LogP contribution < -0.4 is 4.72 Å². The molecule has 5 nitrogen and oxygen atoms in total. The van der Waals surface area contributed by atoms with Crippen molar-refractivity contribution in [3.05, 3.63) is 53.8 Å². The normalized spacial score (nSPS) is 11.7. The maximum Gasteiger partial charge on any atom is 0.264 e. The topological polar surface area (TPSA) is 64.0 Å². The lowest BCUT2D eigenvalue weighted by Gasteiger charge is -2.07. The predicted octanol–water partition coefficient (Wildman–Crippen LogP) is 3.90. The molecule has 0 fully saturated rings. The molecule has 0 aliphatic carbocycles. The van der Waals surface area contributed by atoms with E-state index in [0.717, 1.165) is 6.42 Å². The van der Waals surface area contributed by atoms with Gasteiger partial charge in [0.1, 0.15) is 10.5 Å². The Labute approximate surface area is 140 Å². The lowest BCUT2D eigenvalue weighted by molar-refractivity contribution is 0.601. The Balaban J connectivity index is 2.08. The largest absolute Gasteiger partial charge is 0.331 e. The summed E-state index contributed by atoms with van der Waals surface area (Å²) in [6.45, 7) is 2.74. The molecule has 120 valence electrons. The van der Waals surface area contributed by atoms with Crippen LogP contribution in [-0.2, 0) is 16.6 Å². The van der Waals surface area contributed by atoms with Crippen molar-refractivity contribution in [1.82, 2.24) is 9.55 Å². The summed E-state index contributed by atoms with van der Waals surface area (Å²) in [4.78, 5) is 4.52. The van der Waals surface area contributed by atoms with Gasteiger partial charge in [-0.1, -0.05) is 24.6 Å². The molecule has 0 atom stereocenters. The molecule has 0 aliphatic heterocycles. The molecule has 2 aromatic heterocycles. The molecule has 23 heavy (non-hydrogen) atoms. The number of hydrogen-bond acceptors (Lipinski definition) is 3. The number of nitrogens with one attached hydrogen (secondary N) is 1. The second-order valence-electron chi connectivity index (χ2n) is 5.18. The predicted molar refractivity (Wildman–Crippen MR) is 92.3 cm³/mol. The second-order valence-corrected chi connectivity index (χ2v) is 7.26. The van der Waals surface area contributed by atoms with E-state index in [9.17, 15) is 8.42 Å². The number of hydrogen-bond donors (Lipinski definition) is 1. The van der Waals surface area contributed by atoms with Crippen LogP contribution in [0, 0.1) is 0 Å². The van der Waals surface area contributed by atoms with Gasteiger partial charge >= 0.3 is 0 Å². The first-order valence-electron chi connectivity index (χ1n) is 7.23. The van der Waals surface area contributed by atoms with Gasteiger partial charge in [-0.15, -0.1) is 0 Å². The van der Waals surface area contributed by atoms with Gasteiger partial charge in [0.2, 0.25) is 0 Å². The third-order valence-electron chi connectivity index (χ3n) is 3.43. The number of halogens is 1. The molecule has 0 saturated carbocycles. The molecule has 2 heterocycles. The number of aromatic nitrogens is 2. The summed E-state index contributed by atoms with van der Waals surface area (Å²) in [5.74, 6) is 0. The molecule has 0 unspecified atom stereocenters. The van der Waals surface area contributed by atoms with Gasteiger partial charge in [-0.2, -0.15) is 0 Å². The third-order valence-corrected chi connectivity index (χ3v) is 5.07. The van der Waals surface area contributed by atoms with Gasteiger partial charge in [-0.05, 0) is 36.8 Å². The van der Waals surface area contributed by atoms with E-state index in [0.29, 0.717) is 28.3 Å². The number of aryl methyl sites for hydroxylation is 1. The summed E-state index contributed by atoms with van der Waals surface area (Å²) < 4.78 is 29.9. The Hall–Kier alpha value is -2.05. The Morgan fingerprint density at radius 1 is 1.26 bits per heavy atom. The van der Waals surface area contributed by atoms with Gasteiger partial charge in [0.25, 0.3) is 10.0 Å². The van der Waals surface area contributed by atoms with E-state index in [-0.39, 0.29) is 4.90 Å². The van der Waals surface area contributed by atoms with E-state index in [4.69, 9.17) is 11.6 Å². The van der Waals surface area contributed by atoms with Crippen molar-refractivity contribution in [2.45, 2.75) is 24.8 Å². The fourth-order valence-corrected chi connectivity index (χ4v) is 3.93. The van der Waals surface area contributed by atoms with Crippen LogP contribution in [0.1, 0.15) is 13.3 Å². The number of anilines is 1. The Kier molecular flexibility index (Phi) is 4.28. The number of fused-ring (bicyclic) bond motifs is 1. The van der Waals surface area contributed by atoms with Crippen molar-refractivity contribution in [1.29, 1.82) is 0 Å². The fraction of sp³-hybridized carbons (Fsp3) is 0.188. The lowest BCUT2D eigenvalue weighted by Crippen LogP contribution is -2.12. The van der Waals surface area contributed by atoms with Crippen LogP contribution in [0.15, 0.2) is 53.7 Å². The Morgan fingerprint density at radius 2 is 2.09 bits per heavy atom. The van der Waals surface area contributed by atoms with Crippen molar-refractivity contribution in [2.75, 3.05) is 4.72 Å². The minimum Gasteiger partial charge on any atom is -0.331 e. The van der Waals surface area contributed by atoms with Crippen LogP contribution in [-0.4, -0.2) is 18.0 Å². The SMILES string of the molecule is CCCn1cc(S(=O)(=O)Nc2cccc(Cl)c2)c2cccnc21. The molecular weight excluding hydrogens is 334 g/mol. The Morgan fingerprint density at radius 3 is 2.83 bits per heavy atom. The highest BCUT2D eigenvalue weighted by Crippen LogP contribution is 2.26. The van der Waals surface area contributed by atoms with Gasteiger partial charge in [0, 0.05) is 29.3 Å². The summed E-state index contributed by atoms with van der Waals surface area (Å²) >= 11 is 5.91. The molecule has 0 bridgehead atoms.